The SMILES string of the molecule is COS(=O)C(C1CC1(C)C)C(C(=O)OC(C)(C)C)S(=O)(=O)C(C)(C)C. The Bertz CT molecular complexity index is 637. The van der Waals surface area contributed by atoms with Crippen molar-refractivity contribution in [1.82, 2.24) is 0 Å². The number of hydrogen-bond donors (Lipinski definition) is 0. The van der Waals surface area contributed by atoms with E-state index >= 15 is 0 Å². The molecule has 0 amide bonds. The maximum atomic E-state index is 13.2. The van der Waals surface area contributed by atoms with Crippen LogP contribution < -0.4 is 0 Å². The van der Waals surface area contributed by atoms with Gasteiger partial charge in [-0.25, -0.2) is 12.6 Å². The fraction of sp³-hybridized carbons (Fsp3) is 0.941. The summed E-state index contributed by atoms with van der Waals surface area (Å²) in [7, 11) is -2.71. The fourth-order valence-electron chi connectivity index (χ4n) is 2.80. The van der Waals surface area contributed by atoms with Crippen molar-refractivity contribution in [3.63, 3.8) is 0 Å². The molecule has 0 aromatic rings. The molecular weight excluding hydrogens is 364 g/mol. The Kier molecular flexibility index (Phi) is 6.25. The zero-order valence-electron chi connectivity index (χ0n) is 16.7. The molecular formula is C17H32O6S2. The van der Waals surface area contributed by atoms with Crippen molar-refractivity contribution in [3.8, 4) is 0 Å². The van der Waals surface area contributed by atoms with Gasteiger partial charge >= 0.3 is 5.97 Å². The molecule has 1 saturated carbocycles. The molecule has 0 spiro atoms. The number of ether oxygens (including phenoxy) is 1. The molecule has 148 valence electrons. The normalized spacial score (nSPS) is 24.3. The highest BCUT2D eigenvalue weighted by Crippen LogP contribution is 2.56. The first-order valence-electron chi connectivity index (χ1n) is 8.37. The Labute approximate surface area is 154 Å². The number of sulfone groups is 1. The average molecular weight is 397 g/mol. The Morgan fingerprint density at radius 1 is 1.16 bits per heavy atom. The first-order chi connectivity index (χ1) is 11.0. The summed E-state index contributed by atoms with van der Waals surface area (Å²) in [5.74, 6) is -1.05. The van der Waals surface area contributed by atoms with Crippen LogP contribution in [0.1, 0.15) is 61.8 Å². The van der Waals surface area contributed by atoms with E-state index in [0.29, 0.717) is 6.42 Å². The number of carbonyl (C=O) groups excluding carboxylic acids is 1. The van der Waals surface area contributed by atoms with Crippen LogP contribution in [0.5, 0.6) is 0 Å². The molecule has 8 heteroatoms. The van der Waals surface area contributed by atoms with Crippen molar-refractivity contribution < 1.29 is 26.3 Å². The van der Waals surface area contributed by atoms with Crippen LogP contribution in [0, 0.1) is 11.3 Å². The van der Waals surface area contributed by atoms with E-state index in [2.05, 4.69) is 0 Å². The van der Waals surface area contributed by atoms with Gasteiger partial charge in [-0.3, -0.25) is 8.98 Å². The highest BCUT2D eigenvalue weighted by atomic mass is 32.2. The monoisotopic (exact) mass is 396 g/mol. The van der Waals surface area contributed by atoms with Crippen LogP contribution in [0.25, 0.3) is 0 Å². The lowest BCUT2D eigenvalue weighted by Gasteiger charge is -2.32. The van der Waals surface area contributed by atoms with Crippen LogP contribution in [0.4, 0.5) is 0 Å². The van der Waals surface area contributed by atoms with Crippen molar-refractivity contribution in [2.75, 3.05) is 7.11 Å². The molecule has 0 radical (unpaired) electrons. The van der Waals surface area contributed by atoms with E-state index in [1.165, 1.54) is 27.9 Å². The van der Waals surface area contributed by atoms with Gasteiger partial charge in [0.15, 0.2) is 26.2 Å². The van der Waals surface area contributed by atoms with Crippen LogP contribution in [0.3, 0.4) is 0 Å². The third kappa shape index (κ3) is 5.04. The molecule has 0 saturated heterocycles. The summed E-state index contributed by atoms with van der Waals surface area (Å²) in [5, 5.41) is -2.49. The van der Waals surface area contributed by atoms with Gasteiger partial charge in [0.1, 0.15) is 5.60 Å². The molecule has 4 unspecified atom stereocenters. The highest BCUT2D eigenvalue weighted by molar-refractivity contribution is 7.95. The van der Waals surface area contributed by atoms with Crippen molar-refractivity contribution >= 4 is 26.9 Å². The third-order valence-electron chi connectivity index (χ3n) is 4.50. The lowest BCUT2D eigenvalue weighted by Crippen LogP contribution is -2.53. The minimum absolute atomic E-state index is 0.188. The second kappa shape index (κ2) is 6.93. The third-order valence-corrected chi connectivity index (χ3v) is 8.91. The maximum absolute atomic E-state index is 13.2. The molecule has 0 N–H and O–H groups in total. The van der Waals surface area contributed by atoms with Gasteiger partial charge in [0.05, 0.1) is 17.1 Å². The summed E-state index contributed by atoms with van der Waals surface area (Å²) in [5.41, 5.74) is -1.03. The Hall–Kier alpha value is -0.470. The van der Waals surface area contributed by atoms with E-state index in [1.54, 1.807) is 20.8 Å². The minimum atomic E-state index is -3.97. The number of hydrogen-bond acceptors (Lipinski definition) is 6. The quantitative estimate of drug-likeness (QED) is 0.642. The molecule has 0 aromatic heterocycles. The Morgan fingerprint density at radius 3 is 1.88 bits per heavy atom. The lowest BCUT2D eigenvalue weighted by molar-refractivity contribution is -0.154. The van der Waals surface area contributed by atoms with E-state index < -0.39 is 47.7 Å². The first-order valence-corrected chi connectivity index (χ1v) is 11.1. The van der Waals surface area contributed by atoms with Gasteiger partial charge in [0.2, 0.25) is 0 Å². The molecule has 0 aromatic carbocycles. The summed E-state index contributed by atoms with van der Waals surface area (Å²) in [4.78, 5) is 12.9. The molecule has 1 rings (SSSR count). The minimum Gasteiger partial charge on any atom is -0.459 e. The van der Waals surface area contributed by atoms with Gasteiger partial charge in [-0.15, -0.1) is 0 Å². The van der Waals surface area contributed by atoms with Gasteiger partial charge in [-0.05, 0) is 59.3 Å². The molecule has 6 nitrogen and oxygen atoms in total. The highest BCUT2D eigenvalue weighted by Gasteiger charge is 2.61. The van der Waals surface area contributed by atoms with Crippen molar-refractivity contribution in [3.05, 3.63) is 0 Å². The van der Waals surface area contributed by atoms with Gasteiger partial charge < -0.3 is 4.74 Å². The van der Waals surface area contributed by atoms with E-state index in [1.807, 2.05) is 13.8 Å². The van der Waals surface area contributed by atoms with Crippen LogP contribution in [-0.4, -0.2) is 46.6 Å². The Morgan fingerprint density at radius 2 is 1.60 bits per heavy atom. The smallest absolute Gasteiger partial charge is 0.326 e. The van der Waals surface area contributed by atoms with E-state index in [9.17, 15) is 17.4 Å². The molecule has 1 fully saturated rings. The standard InChI is InChI=1S/C17H32O6S2/c1-15(2,3)23-14(18)13(25(20,21)16(4,5)6)12(24(19)22-9)11-10-17(11,7)8/h11-13H,10H2,1-9H3. The van der Waals surface area contributed by atoms with E-state index in [-0.39, 0.29) is 11.3 Å². The zero-order valence-corrected chi connectivity index (χ0v) is 18.3. The van der Waals surface area contributed by atoms with Gasteiger partial charge in [-0.2, -0.15) is 0 Å². The lowest BCUT2D eigenvalue weighted by atomic mass is 10.1. The fourth-order valence-corrected chi connectivity index (χ4v) is 6.39. The molecule has 1 aliphatic rings. The zero-order chi connectivity index (χ0) is 20.0. The van der Waals surface area contributed by atoms with Gasteiger partial charge in [0.25, 0.3) is 0 Å². The van der Waals surface area contributed by atoms with Crippen molar-refractivity contribution in [1.29, 1.82) is 0 Å². The van der Waals surface area contributed by atoms with Crippen molar-refractivity contribution in [2.24, 2.45) is 11.3 Å². The second-order valence-corrected chi connectivity index (χ2v) is 13.5. The average Bonchev–Trinajstić information content (AvgIpc) is 2.99. The molecule has 0 heterocycles. The van der Waals surface area contributed by atoms with E-state index in [4.69, 9.17) is 8.92 Å². The predicted octanol–water partition coefficient (Wildman–Crippen LogP) is 2.63. The first kappa shape index (κ1) is 22.6. The predicted molar refractivity (Wildman–Crippen MR) is 99.1 cm³/mol. The summed E-state index contributed by atoms with van der Waals surface area (Å²) < 4.78 is 48.2. The summed E-state index contributed by atoms with van der Waals surface area (Å²) in [6.45, 7) is 13.6. The van der Waals surface area contributed by atoms with Gasteiger partial charge in [0, 0.05) is 0 Å². The van der Waals surface area contributed by atoms with Crippen molar-refractivity contribution in [2.45, 2.75) is 82.7 Å². The largest absolute Gasteiger partial charge is 0.459 e. The van der Waals surface area contributed by atoms with Gasteiger partial charge in [-0.1, -0.05) is 13.8 Å². The molecule has 4 atom stereocenters. The number of carbonyl (C=O) groups is 1. The Balaban J connectivity index is 3.48. The van der Waals surface area contributed by atoms with Crippen LogP contribution in [0.2, 0.25) is 0 Å². The van der Waals surface area contributed by atoms with Crippen LogP contribution >= 0.6 is 0 Å². The molecule has 25 heavy (non-hydrogen) atoms. The number of rotatable bonds is 6. The maximum Gasteiger partial charge on any atom is 0.326 e. The molecule has 0 bridgehead atoms. The molecule has 1 aliphatic carbocycles. The van der Waals surface area contributed by atoms with Crippen LogP contribution in [0.15, 0.2) is 0 Å². The second-order valence-electron chi connectivity index (χ2n) is 9.30. The molecule has 0 aliphatic heterocycles. The topological polar surface area (TPSA) is 86.7 Å². The summed E-state index contributed by atoms with van der Waals surface area (Å²) in [6, 6.07) is 0. The van der Waals surface area contributed by atoms with E-state index in [0.717, 1.165) is 0 Å². The number of esters is 1. The summed E-state index contributed by atoms with van der Waals surface area (Å²) in [6.07, 6.45) is 0.686. The van der Waals surface area contributed by atoms with Crippen LogP contribution in [-0.2, 0) is 34.6 Å². The summed E-state index contributed by atoms with van der Waals surface area (Å²) >= 11 is -1.92.